The van der Waals surface area contributed by atoms with Crippen molar-refractivity contribution in [2.75, 3.05) is 18.0 Å². The summed E-state index contributed by atoms with van der Waals surface area (Å²) in [7, 11) is 0. The van der Waals surface area contributed by atoms with Crippen LogP contribution in [0.4, 0.5) is 5.13 Å². The zero-order chi connectivity index (χ0) is 35.7. The second-order valence-corrected chi connectivity index (χ2v) is 15.8. The van der Waals surface area contributed by atoms with Gasteiger partial charge in [-0.15, -0.1) is 34.9 Å². The molecule has 4 rings (SSSR count). The van der Waals surface area contributed by atoms with E-state index in [9.17, 15) is 49.2 Å². The van der Waals surface area contributed by atoms with Gasteiger partial charge in [0.15, 0.2) is 32.2 Å². The molecule has 15 nitrogen and oxygen atoms in total. The Balaban J connectivity index is 1.44. The number of hydrogen-bond donors (Lipinski definition) is 5. The fraction of sp³-hybridized carbons (Fsp3) is 0.448. The van der Waals surface area contributed by atoms with Crippen LogP contribution in [0.5, 0.6) is 11.5 Å². The highest BCUT2D eigenvalue weighted by Crippen LogP contribution is 2.56. The predicted octanol–water partition coefficient (Wildman–Crippen LogP) is 3.25. The number of ketones is 3. The number of β-lactam (4-membered cyclic amide) rings is 1. The van der Waals surface area contributed by atoms with E-state index in [1.807, 2.05) is 0 Å². The first-order valence-corrected chi connectivity index (χ1v) is 17.4. The number of carbonyl (C=O) groups is 6. The Morgan fingerprint density at radius 1 is 1.23 bits per heavy atom. The number of nitrogens with zero attached hydrogens (tertiary/aromatic N) is 3. The highest BCUT2D eigenvalue weighted by atomic mass is 35.5. The lowest BCUT2D eigenvalue weighted by atomic mass is 9.90. The van der Waals surface area contributed by atoms with Gasteiger partial charge in [-0.1, -0.05) is 30.1 Å². The van der Waals surface area contributed by atoms with Gasteiger partial charge in [0.05, 0.1) is 22.9 Å². The second kappa shape index (κ2) is 14.3. The molecule has 2 aliphatic rings. The number of halogens is 1. The number of benzene rings is 1. The zero-order valence-corrected chi connectivity index (χ0v) is 28.9. The van der Waals surface area contributed by atoms with Gasteiger partial charge in [0.1, 0.15) is 5.69 Å². The molecule has 1 amide bonds. The summed E-state index contributed by atoms with van der Waals surface area (Å²) < 4.78 is -1.53. The van der Waals surface area contributed by atoms with Gasteiger partial charge < -0.3 is 35.9 Å². The van der Waals surface area contributed by atoms with E-state index in [4.69, 9.17) is 22.2 Å². The molecule has 0 aliphatic carbocycles. The lowest BCUT2D eigenvalue weighted by Gasteiger charge is -2.41. The van der Waals surface area contributed by atoms with Gasteiger partial charge in [-0.05, 0) is 37.7 Å². The Morgan fingerprint density at radius 2 is 1.92 bits per heavy atom. The van der Waals surface area contributed by atoms with Gasteiger partial charge in [-0.3, -0.25) is 19.2 Å². The maximum Gasteiger partial charge on any atom is 0.350 e. The monoisotopic (exact) mass is 742 g/mol. The van der Waals surface area contributed by atoms with Crippen LogP contribution in [0.2, 0.25) is 5.02 Å². The summed E-state index contributed by atoms with van der Waals surface area (Å²) in [6.07, 6.45) is -0.216. The number of thiazole rings is 1. The van der Waals surface area contributed by atoms with Gasteiger partial charge in [0.2, 0.25) is 23.1 Å². The number of carbonyl (C=O) groups excluding carboxylic acids is 4. The molecule has 48 heavy (non-hydrogen) atoms. The van der Waals surface area contributed by atoms with Crippen LogP contribution in [0.15, 0.2) is 22.7 Å². The van der Waals surface area contributed by atoms with Crippen LogP contribution in [0, 0.1) is 11.8 Å². The zero-order valence-electron chi connectivity index (χ0n) is 25.7. The Bertz CT molecular complexity index is 1710. The molecule has 2 aliphatic heterocycles. The van der Waals surface area contributed by atoms with Crippen molar-refractivity contribution in [3.8, 4) is 11.5 Å². The SMILES string of the molecule is CC[C@H](CS[C@]1(C(=O)O)CN2C(=O)[C@@H](CC(=O)/C(=N\OC(C)(C)C(=O)O)c3csc(N)n3)[C@H]2S1)CC(=O)C(=O)c1ccc(O)c(O)c1Cl. The molecule has 6 N–H and O–H groups in total. The number of Topliss-reactive ketones (excluding diaryl/α,β-unsaturated/α-hetero) is 3. The van der Waals surface area contributed by atoms with Crippen molar-refractivity contribution in [2.45, 2.75) is 55.1 Å². The molecule has 2 fully saturated rings. The van der Waals surface area contributed by atoms with E-state index < -0.39 is 78.6 Å². The van der Waals surface area contributed by atoms with Crippen molar-refractivity contribution in [1.29, 1.82) is 0 Å². The molecule has 4 atom stereocenters. The van der Waals surface area contributed by atoms with Crippen LogP contribution >= 0.6 is 46.5 Å². The van der Waals surface area contributed by atoms with Crippen LogP contribution in [-0.4, -0.2) is 98.6 Å². The Kier molecular flexibility index (Phi) is 11.0. The fourth-order valence-corrected chi connectivity index (χ4v) is 8.92. The number of anilines is 1. The Labute approximate surface area is 290 Å². The first kappa shape index (κ1) is 37.0. The first-order chi connectivity index (χ1) is 22.4. The number of aromatic hydroxyl groups is 2. The molecule has 0 spiro atoms. The lowest BCUT2D eigenvalue weighted by molar-refractivity contribution is -0.161. The summed E-state index contributed by atoms with van der Waals surface area (Å²) in [4.78, 5) is 86.8. The molecule has 2 saturated heterocycles. The number of oxime groups is 1. The van der Waals surface area contributed by atoms with E-state index in [2.05, 4.69) is 10.1 Å². The standard InChI is InChI=1S/C29H31ClN4O11S3/c1-4-12(7-18(37)21(38)13-5-6-16(35)22(39)19(13)30)9-47-29(26(43)44)11-34-23(40)14(24(34)48-29)8-17(36)20(15-10-46-27(31)32-15)33-45-28(2,3)25(41)42/h5-6,10,12,14,24,35,39H,4,7-9,11H2,1-3H3,(H2,31,32)(H,41,42)(H,43,44)/b33-20-/t12-,14+,24+,29+/m0/s1. The summed E-state index contributed by atoms with van der Waals surface area (Å²) in [5, 5.41) is 43.2. The molecule has 2 aromatic rings. The minimum Gasteiger partial charge on any atom is -0.504 e. The number of hydrogen-bond acceptors (Lipinski definition) is 15. The smallest absolute Gasteiger partial charge is 0.350 e. The topological polar surface area (TPSA) is 247 Å². The molecule has 1 aromatic carbocycles. The average molecular weight is 743 g/mol. The van der Waals surface area contributed by atoms with Gasteiger partial charge in [0, 0.05) is 23.8 Å². The van der Waals surface area contributed by atoms with Crippen LogP contribution in [0.3, 0.4) is 0 Å². The van der Waals surface area contributed by atoms with Gasteiger partial charge >= 0.3 is 11.9 Å². The highest BCUT2D eigenvalue weighted by Gasteiger charge is 2.62. The van der Waals surface area contributed by atoms with Crippen molar-refractivity contribution in [3.05, 3.63) is 33.8 Å². The maximum absolute atomic E-state index is 13.4. The van der Waals surface area contributed by atoms with Gasteiger partial charge in [-0.2, -0.15) is 0 Å². The summed E-state index contributed by atoms with van der Waals surface area (Å²) in [6.45, 7) is 4.06. The van der Waals surface area contributed by atoms with Crippen LogP contribution < -0.4 is 5.73 Å². The number of carboxylic acids is 2. The number of aliphatic carboxylic acids is 2. The third-order valence-corrected chi connectivity index (χ3v) is 12.4. The second-order valence-electron chi connectivity index (χ2n) is 11.5. The molecule has 0 unspecified atom stereocenters. The van der Waals surface area contributed by atoms with Gasteiger partial charge in [0.25, 0.3) is 0 Å². The first-order valence-electron chi connectivity index (χ1n) is 14.3. The quantitative estimate of drug-likeness (QED) is 0.0414. The van der Waals surface area contributed by atoms with E-state index >= 15 is 0 Å². The molecule has 0 bridgehead atoms. The number of nitrogens with two attached hydrogens (primary N) is 1. The van der Waals surface area contributed by atoms with E-state index in [1.54, 1.807) is 6.92 Å². The van der Waals surface area contributed by atoms with Gasteiger partial charge in [-0.25, -0.2) is 14.6 Å². The van der Waals surface area contributed by atoms with Crippen molar-refractivity contribution in [1.82, 2.24) is 9.88 Å². The predicted molar refractivity (Wildman–Crippen MR) is 177 cm³/mol. The minimum atomic E-state index is -1.79. The molecular formula is C29H31ClN4O11S3. The Morgan fingerprint density at radius 3 is 2.50 bits per heavy atom. The number of aromatic nitrogens is 1. The largest absolute Gasteiger partial charge is 0.504 e. The number of nitrogen functional groups attached to an aromatic ring is 1. The number of carboxylic acid groups (broad SMARTS) is 2. The maximum atomic E-state index is 13.4. The van der Waals surface area contributed by atoms with Crippen LogP contribution in [0.25, 0.3) is 0 Å². The summed E-state index contributed by atoms with van der Waals surface area (Å²) in [6, 6.07) is 2.15. The third-order valence-electron chi connectivity index (χ3n) is 7.78. The highest BCUT2D eigenvalue weighted by molar-refractivity contribution is 8.19. The number of rotatable bonds is 16. The normalized spacial score (nSPS) is 21.3. The number of phenolic OH excluding ortho intramolecular Hbond substituents is 2. The number of thioether (sulfide) groups is 2. The minimum absolute atomic E-state index is 0.0324. The van der Waals surface area contributed by atoms with Crippen molar-refractivity contribution < 1.29 is 54.0 Å². The van der Waals surface area contributed by atoms with E-state index in [0.717, 1.165) is 47.0 Å². The fourth-order valence-electron chi connectivity index (χ4n) is 4.75. The summed E-state index contributed by atoms with van der Waals surface area (Å²) >= 11 is 8.97. The van der Waals surface area contributed by atoms with Crippen molar-refractivity contribution in [3.63, 3.8) is 0 Å². The summed E-state index contributed by atoms with van der Waals surface area (Å²) in [5.41, 5.74) is 3.34. The Hall–Kier alpha value is -3.87. The molecule has 258 valence electrons. The molecule has 1 aromatic heterocycles. The van der Waals surface area contributed by atoms with Crippen molar-refractivity contribution in [2.24, 2.45) is 17.0 Å². The average Bonchev–Trinajstić information content (AvgIpc) is 3.62. The van der Waals surface area contributed by atoms with Crippen LogP contribution in [-0.2, 0) is 28.8 Å². The molecule has 0 radical (unpaired) electrons. The molecule has 0 saturated carbocycles. The van der Waals surface area contributed by atoms with E-state index in [1.165, 1.54) is 24.1 Å². The number of amides is 1. The number of phenols is 2. The molecule has 19 heteroatoms. The summed E-state index contributed by atoms with van der Waals surface area (Å²) in [5.74, 6) is -7.96. The van der Waals surface area contributed by atoms with Crippen molar-refractivity contribution >= 4 is 92.5 Å². The van der Waals surface area contributed by atoms with E-state index in [0.29, 0.717) is 6.42 Å². The lowest BCUT2D eigenvalue weighted by Crippen LogP contribution is -2.57. The molecule has 3 heterocycles. The number of fused-ring (bicyclic) bond motifs is 1. The van der Waals surface area contributed by atoms with Crippen LogP contribution in [0.1, 0.15) is 56.1 Å². The molecular weight excluding hydrogens is 712 g/mol. The third kappa shape index (κ3) is 7.40. The van der Waals surface area contributed by atoms with E-state index in [-0.39, 0.29) is 47.2 Å².